The van der Waals surface area contributed by atoms with E-state index < -0.39 is 17.7 Å². The molecule has 2 atom stereocenters. The molecule has 1 saturated heterocycles. The monoisotopic (exact) mass is 658 g/mol. The molecule has 5 heterocycles. The molecule has 0 aliphatic carbocycles. The first-order chi connectivity index (χ1) is 22.7. The van der Waals surface area contributed by atoms with Crippen molar-refractivity contribution in [1.29, 1.82) is 0 Å². The van der Waals surface area contributed by atoms with Gasteiger partial charge in [0.2, 0.25) is 0 Å². The van der Waals surface area contributed by atoms with E-state index in [-0.39, 0.29) is 17.5 Å². The standard InChI is InChI=1S/C38H47FN4O5/c1-23-19-31-28(21-29(23)39)26-12-10-13-27(20-26)30-22-32-40-25(3)33(34(36(44)45)48-37(4,5)6)35(43(32)41-30)42-16-14-38(7,15-17-42)46-18-9-8-11-24(2)47-31/h10,12-13,19-22,24,34H,8-9,11,14-18H2,1-7H3,(H,44,45). The van der Waals surface area contributed by atoms with Crippen LogP contribution in [0.2, 0.25) is 0 Å². The third-order valence-corrected chi connectivity index (χ3v) is 9.40. The number of aryl methyl sites for hydroxylation is 2. The zero-order chi connectivity index (χ0) is 34.4. The second kappa shape index (κ2) is 13.1. The lowest BCUT2D eigenvalue weighted by molar-refractivity contribution is -0.160. The highest BCUT2D eigenvalue weighted by molar-refractivity contribution is 5.80. The van der Waals surface area contributed by atoms with Gasteiger partial charge in [0.1, 0.15) is 17.4 Å². The average molecular weight is 659 g/mol. The molecule has 1 N–H and O–H groups in total. The fraction of sp³-hybridized carbons (Fsp3) is 0.500. The molecule has 0 amide bonds. The van der Waals surface area contributed by atoms with Crippen molar-refractivity contribution in [2.24, 2.45) is 0 Å². The van der Waals surface area contributed by atoms with Crippen LogP contribution >= 0.6 is 0 Å². The fourth-order valence-electron chi connectivity index (χ4n) is 6.74. The van der Waals surface area contributed by atoms with E-state index in [2.05, 4.69) is 18.7 Å². The Hall–Kier alpha value is -4.02. The average Bonchev–Trinajstić information content (AvgIpc) is 3.44. The lowest BCUT2D eigenvalue weighted by Crippen LogP contribution is -2.46. The van der Waals surface area contributed by atoms with Crippen LogP contribution < -0.4 is 9.64 Å². The molecule has 9 nitrogen and oxygen atoms in total. The van der Waals surface area contributed by atoms with Crippen molar-refractivity contribution in [1.82, 2.24) is 14.6 Å². The summed E-state index contributed by atoms with van der Waals surface area (Å²) in [6.07, 6.45) is 2.93. The molecule has 0 saturated carbocycles. The SMILES string of the molecule is Cc1cc2c(cc1F)-c1cccc(c1)-c1cc3nc(C)c(C(OC(C)(C)C)C(=O)O)c(n3n1)N1CCC(C)(CC1)OCCCCC(C)O2. The van der Waals surface area contributed by atoms with Crippen molar-refractivity contribution >= 4 is 17.4 Å². The van der Waals surface area contributed by atoms with Crippen molar-refractivity contribution < 1.29 is 28.5 Å². The molecule has 6 bridgehead atoms. The third-order valence-electron chi connectivity index (χ3n) is 9.40. The summed E-state index contributed by atoms with van der Waals surface area (Å²) in [5, 5.41) is 15.5. The molecule has 1 fully saturated rings. The molecule has 10 heteroatoms. The van der Waals surface area contributed by atoms with Crippen LogP contribution in [0.15, 0.2) is 42.5 Å². The van der Waals surface area contributed by atoms with Gasteiger partial charge in [-0.2, -0.15) is 9.61 Å². The molecule has 7 rings (SSSR count). The normalized spacial score (nSPS) is 21.2. The molecule has 2 aromatic heterocycles. The molecule has 0 radical (unpaired) electrons. The quantitative estimate of drug-likeness (QED) is 0.236. The predicted molar refractivity (Wildman–Crippen MR) is 184 cm³/mol. The number of anilines is 1. The van der Waals surface area contributed by atoms with Gasteiger partial charge in [-0.3, -0.25) is 0 Å². The van der Waals surface area contributed by atoms with Crippen molar-refractivity contribution in [2.75, 3.05) is 24.6 Å². The number of carbonyl (C=O) groups is 1. The maximum absolute atomic E-state index is 15.0. The molecule has 4 aromatic rings. The molecule has 0 spiro atoms. The number of ether oxygens (including phenoxy) is 3. The Morgan fingerprint density at radius 3 is 2.54 bits per heavy atom. The van der Waals surface area contributed by atoms with Gasteiger partial charge < -0.3 is 24.2 Å². The summed E-state index contributed by atoms with van der Waals surface area (Å²) in [4.78, 5) is 19.9. The molecule has 3 aliphatic heterocycles. The Kier molecular flexibility index (Phi) is 9.26. The summed E-state index contributed by atoms with van der Waals surface area (Å²) < 4.78 is 35.9. The lowest BCUT2D eigenvalue weighted by atomic mass is 9.92. The van der Waals surface area contributed by atoms with E-state index in [4.69, 9.17) is 24.3 Å². The highest BCUT2D eigenvalue weighted by Gasteiger charge is 2.38. The van der Waals surface area contributed by atoms with Gasteiger partial charge in [0.15, 0.2) is 11.8 Å². The van der Waals surface area contributed by atoms with E-state index in [9.17, 15) is 9.90 Å². The molecule has 2 unspecified atom stereocenters. The van der Waals surface area contributed by atoms with Crippen LogP contribution in [-0.4, -0.2) is 62.7 Å². The van der Waals surface area contributed by atoms with Gasteiger partial charge in [-0.05, 0) is 110 Å². The molecular formula is C38H47FN4O5. The van der Waals surface area contributed by atoms with Crippen LogP contribution in [0.1, 0.15) is 89.6 Å². The lowest BCUT2D eigenvalue weighted by Gasteiger charge is -2.41. The number of piperidine rings is 1. The van der Waals surface area contributed by atoms with Gasteiger partial charge in [0, 0.05) is 42.6 Å². The first kappa shape index (κ1) is 33.9. The maximum Gasteiger partial charge on any atom is 0.337 e. The predicted octanol–water partition coefficient (Wildman–Crippen LogP) is 8.09. The van der Waals surface area contributed by atoms with Gasteiger partial charge >= 0.3 is 5.97 Å². The van der Waals surface area contributed by atoms with Crippen LogP contribution in [0.3, 0.4) is 0 Å². The minimum absolute atomic E-state index is 0.0570. The van der Waals surface area contributed by atoms with Gasteiger partial charge in [0.05, 0.1) is 28.6 Å². The van der Waals surface area contributed by atoms with Crippen LogP contribution in [0.5, 0.6) is 5.75 Å². The summed E-state index contributed by atoms with van der Waals surface area (Å²) in [5.74, 6) is -0.0765. The number of aromatic nitrogens is 3. The number of hydrogen-bond donors (Lipinski definition) is 1. The summed E-state index contributed by atoms with van der Waals surface area (Å²) in [7, 11) is 0. The third kappa shape index (κ3) is 7.05. The highest BCUT2D eigenvalue weighted by Crippen LogP contribution is 2.40. The Labute approximate surface area is 282 Å². The zero-order valence-corrected chi connectivity index (χ0v) is 29.1. The van der Waals surface area contributed by atoms with Gasteiger partial charge in [-0.25, -0.2) is 14.2 Å². The van der Waals surface area contributed by atoms with E-state index >= 15 is 4.39 Å². The second-order valence-corrected chi connectivity index (χ2v) is 14.6. The van der Waals surface area contributed by atoms with Crippen LogP contribution in [-0.2, 0) is 14.3 Å². The number of aliphatic carboxylic acids is 1. The first-order valence-electron chi connectivity index (χ1n) is 17.0. The second-order valence-electron chi connectivity index (χ2n) is 14.6. The minimum atomic E-state index is -1.25. The van der Waals surface area contributed by atoms with E-state index in [0.717, 1.165) is 43.2 Å². The van der Waals surface area contributed by atoms with Crippen molar-refractivity contribution in [3.63, 3.8) is 0 Å². The van der Waals surface area contributed by atoms with Crippen LogP contribution in [0.4, 0.5) is 10.2 Å². The van der Waals surface area contributed by atoms with E-state index in [1.54, 1.807) is 23.6 Å². The maximum atomic E-state index is 15.0. The summed E-state index contributed by atoms with van der Waals surface area (Å²) in [5.41, 5.74) is 4.12. The number of fused-ring (bicyclic) bond motifs is 8. The van der Waals surface area contributed by atoms with Crippen molar-refractivity contribution in [2.45, 2.75) is 104 Å². The number of halogens is 1. The topological polar surface area (TPSA) is 98.4 Å². The Balaban J connectivity index is 1.54. The smallest absolute Gasteiger partial charge is 0.337 e. The van der Waals surface area contributed by atoms with Gasteiger partial charge in [-0.1, -0.05) is 18.2 Å². The first-order valence-corrected chi connectivity index (χ1v) is 17.0. The van der Waals surface area contributed by atoms with Crippen LogP contribution in [0, 0.1) is 19.7 Å². The number of benzene rings is 2. The highest BCUT2D eigenvalue weighted by atomic mass is 19.1. The van der Waals surface area contributed by atoms with E-state index in [0.29, 0.717) is 65.0 Å². The van der Waals surface area contributed by atoms with E-state index in [1.807, 2.05) is 58.0 Å². The van der Waals surface area contributed by atoms with Crippen molar-refractivity contribution in [3.8, 4) is 28.1 Å². The number of hydrogen-bond acceptors (Lipinski definition) is 7. The number of nitrogens with zero attached hydrogens (tertiary/aromatic N) is 4. The summed E-state index contributed by atoms with van der Waals surface area (Å²) in [6, 6.07) is 13.1. The molecule has 2 aromatic carbocycles. The Morgan fingerprint density at radius 1 is 1.10 bits per heavy atom. The minimum Gasteiger partial charge on any atom is -0.490 e. The fourth-order valence-corrected chi connectivity index (χ4v) is 6.74. The summed E-state index contributed by atoms with van der Waals surface area (Å²) in [6.45, 7) is 15.3. The Bertz CT molecular complexity index is 1820. The van der Waals surface area contributed by atoms with E-state index in [1.165, 1.54) is 0 Å². The number of carboxylic acids is 1. The molecule has 48 heavy (non-hydrogen) atoms. The molecule has 256 valence electrons. The largest absolute Gasteiger partial charge is 0.490 e. The molecule has 3 aliphatic rings. The molecular weight excluding hydrogens is 611 g/mol. The zero-order valence-electron chi connectivity index (χ0n) is 29.1. The van der Waals surface area contributed by atoms with Crippen molar-refractivity contribution in [3.05, 3.63) is 65.1 Å². The number of carboxylic acid groups (broad SMARTS) is 1. The van der Waals surface area contributed by atoms with Gasteiger partial charge in [-0.15, -0.1) is 0 Å². The number of rotatable bonds is 3. The Morgan fingerprint density at radius 2 is 1.83 bits per heavy atom. The summed E-state index contributed by atoms with van der Waals surface area (Å²) >= 11 is 0. The van der Waals surface area contributed by atoms with Gasteiger partial charge in [0.25, 0.3) is 0 Å². The van der Waals surface area contributed by atoms with Crippen LogP contribution in [0.25, 0.3) is 28.0 Å².